The fourth-order valence-corrected chi connectivity index (χ4v) is 3.05. The zero-order valence-electron chi connectivity index (χ0n) is 11.6. The number of methoxy groups -OCH3 is 1. The Morgan fingerprint density at radius 1 is 1.37 bits per heavy atom. The summed E-state index contributed by atoms with van der Waals surface area (Å²) in [6, 6.07) is 3.95. The zero-order chi connectivity index (χ0) is 14.6. The van der Waals surface area contributed by atoms with Crippen LogP contribution in [0.4, 0.5) is 5.69 Å². The van der Waals surface area contributed by atoms with Crippen molar-refractivity contribution in [2.45, 2.75) is 33.2 Å². The van der Waals surface area contributed by atoms with Crippen molar-refractivity contribution in [2.75, 3.05) is 12.4 Å². The van der Waals surface area contributed by atoms with Crippen molar-refractivity contribution in [1.82, 2.24) is 0 Å². The quantitative estimate of drug-likeness (QED) is 0.728. The lowest BCUT2D eigenvalue weighted by Gasteiger charge is -2.23. The molecule has 2 atom stereocenters. The molecule has 0 aliphatic heterocycles. The van der Waals surface area contributed by atoms with Gasteiger partial charge in [0.2, 0.25) is 0 Å². The summed E-state index contributed by atoms with van der Waals surface area (Å²) in [6.45, 7) is 6.45. The van der Waals surface area contributed by atoms with Gasteiger partial charge in [0, 0.05) is 15.0 Å². The summed E-state index contributed by atoms with van der Waals surface area (Å²) in [5, 5.41) is 3.40. The van der Waals surface area contributed by atoms with Crippen LogP contribution in [0, 0.1) is 5.92 Å². The van der Waals surface area contributed by atoms with E-state index < -0.39 is 0 Å². The minimum absolute atomic E-state index is 0.269. The Labute approximate surface area is 131 Å². The maximum atomic E-state index is 11.9. The van der Waals surface area contributed by atoms with E-state index in [1.807, 2.05) is 6.07 Å². The second-order valence-electron chi connectivity index (χ2n) is 4.62. The maximum Gasteiger partial charge on any atom is 0.340 e. The first-order chi connectivity index (χ1) is 8.90. The average Bonchev–Trinajstić information content (AvgIpc) is 2.39. The highest BCUT2D eigenvalue weighted by Crippen LogP contribution is 2.32. The third-order valence-electron chi connectivity index (χ3n) is 3.33. The molecule has 0 amide bonds. The second kappa shape index (κ2) is 7.29. The minimum atomic E-state index is -0.346. The van der Waals surface area contributed by atoms with Crippen molar-refractivity contribution in [3.63, 3.8) is 0 Å². The molecule has 3 nitrogen and oxygen atoms in total. The van der Waals surface area contributed by atoms with Crippen molar-refractivity contribution in [3.05, 3.63) is 26.6 Å². The van der Waals surface area contributed by atoms with Crippen LogP contribution in [0.1, 0.15) is 37.6 Å². The van der Waals surface area contributed by atoms with Crippen LogP contribution < -0.4 is 5.32 Å². The molecule has 1 aromatic carbocycles. The summed E-state index contributed by atoms with van der Waals surface area (Å²) in [6.07, 6.45) is 1.08. The van der Waals surface area contributed by atoms with E-state index in [4.69, 9.17) is 4.74 Å². The lowest BCUT2D eigenvalue weighted by Crippen LogP contribution is -2.25. The van der Waals surface area contributed by atoms with E-state index in [1.165, 1.54) is 7.11 Å². The van der Waals surface area contributed by atoms with Crippen LogP contribution in [0.3, 0.4) is 0 Å². The second-order valence-corrected chi connectivity index (χ2v) is 6.39. The predicted octanol–water partition coefficient (Wildman–Crippen LogP) is 4.84. The summed E-state index contributed by atoms with van der Waals surface area (Å²) >= 11 is 6.88. The highest BCUT2D eigenvalue weighted by Gasteiger charge is 2.19. The van der Waals surface area contributed by atoms with Crippen molar-refractivity contribution in [3.8, 4) is 0 Å². The normalized spacial score (nSPS) is 13.8. The number of nitrogens with one attached hydrogen (secondary N) is 1. The number of rotatable bonds is 5. The number of carbonyl (C=O) groups excluding carboxylic acids is 1. The Morgan fingerprint density at radius 2 is 2.00 bits per heavy atom. The van der Waals surface area contributed by atoms with E-state index in [0.717, 1.165) is 21.1 Å². The molecule has 2 unspecified atom stereocenters. The molecule has 1 aromatic rings. The lowest BCUT2D eigenvalue weighted by molar-refractivity contribution is 0.0601. The molecule has 0 heterocycles. The maximum absolute atomic E-state index is 11.9. The molecule has 5 heteroatoms. The van der Waals surface area contributed by atoms with E-state index in [2.05, 4.69) is 57.9 Å². The molecule has 0 saturated carbocycles. The number of anilines is 1. The first-order valence-electron chi connectivity index (χ1n) is 6.24. The third-order valence-corrected chi connectivity index (χ3v) is 4.41. The lowest BCUT2D eigenvalue weighted by atomic mass is 10.00. The van der Waals surface area contributed by atoms with E-state index in [-0.39, 0.29) is 12.0 Å². The Kier molecular flexibility index (Phi) is 6.33. The molecule has 19 heavy (non-hydrogen) atoms. The fourth-order valence-electron chi connectivity index (χ4n) is 1.71. The standard InChI is InChI=1S/C14H19Br2NO2/c1-5-8(2)9(3)17-13-11(14(18)19-4)6-10(15)7-12(13)16/h6-9,17H,5H2,1-4H3. The highest BCUT2D eigenvalue weighted by molar-refractivity contribution is 9.11. The molecular weight excluding hydrogens is 374 g/mol. The fraction of sp³-hybridized carbons (Fsp3) is 0.500. The van der Waals surface area contributed by atoms with Crippen LogP contribution in [-0.4, -0.2) is 19.1 Å². The Bertz CT molecular complexity index is 463. The first kappa shape index (κ1) is 16.5. The molecule has 0 aliphatic carbocycles. The highest BCUT2D eigenvalue weighted by atomic mass is 79.9. The topological polar surface area (TPSA) is 38.3 Å². The number of ether oxygens (including phenoxy) is 1. The minimum Gasteiger partial charge on any atom is -0.465 e. The van der Waals surface area contributed by atoms with Gasteiger partial charge in [-0.3, -0.25) is 0 Å². The molecule has 0 fully saturated rings. The number of hydrogen-bond donors (Lipinski definition) is 1. The number of benzene rings is 1. The van der Waals surface area contributed by atoms with Gasteiger partial charge >= 0.3 is 5.97 Å². The van der Waals surface area contributed by atoms with Gasteiger partial charge in [-0.1, -0.05) is 36.2 Å². The average molecular weight is 393 g/mol. The van der Waals surface area contributed by atoms with Gasteiger partial charge in [0.05, 0.1) is 18.4 Å². The zero-order valence-corrected chi connectivity index (χ0v) is 14.8. The number of hydrogen-bond acceptors (Lipinski definition) is 3. The molecule has 0 saturated heterocycles. The van der Waals surface area contributed by atoms with Gasteiger partial charge in [-0.15, -0.1) is 0 Å². The number of halogens is 2. The van der Waals surface area contributed by atoms with Crippen molar-refractivity contribution in [2.24, 2.45) is 5.92 Å². The largest absolute Gasteiger partial charge is 0.465 e. The smallest absolute Gasteiger partial charge is 0.340 e. The summed E-state index contributed by atoms with van der Waals surface area (Å²) in [5.41, 5.74) is 1.31. The van der Waals surface area contributed by atoms with Crippen molar-refractivity contribution < 1.29 is 9.53 Å². The van der Waals surface area contributed by atoms with Crippen LogP contribution in [0.25, 0.3) is 0 Å². The van der Waals surface area contributed by atoms with Gasteiger partial charge in [0.1, 0.15) is 0 Å². The molecular formula is C14H19Br2NO2. The summed E-state index contributed by atoms with van der Waals surface area (Å²) in [5.74, 6) is 0.168. The molecule has 0 bridgehead atoms. The molecule has 1 N–H and O–H groups in total. The molecule has 1 rings (SSSR count). The van der Waals surface area contributed by atoms with Crippen LogP contribution in [-0.2, 0) is 4.74 Å². The monoisotopic (exact) mass is 391 g/mol. The SMILES string of the molecule is CCC(C)C(C)Nc1c(Br)cc(Br)cc1C(=O)OC. The molecule has 106 valence electrons. The Balaban J connectivity index is 3.14. The van der Waals surface area contributed by atoms with Crippen LogP contribution in [0.2, 0.25) is 0 Å². The van der Waals surface area contributed by atoms with E-state index in [1.54, 1.807) is 6.07 Å². The van der Waals surface area contributed by atoms with Crippen LogP contribution >= 0.6 is 31.9 Å². The first-order valence-corrected chi connectivity index (χ1v) is 7.83. The summed E-state index contributed by atoms with van der Waals surface area (Å²) in [4.78, 5) is 11.9. The number of esters is 1. The van der Waals surface area contributed by atoms with Gasteiger partial charge in [0.25, 0.3) is 0 Å². The van der Waals surface area contributed by atoms with Gasteiger partial charge in [-0.2, -0.15) is 0 Å². The summed E-state index contributed by atoms with van der Waals surface area (Å²) < 4.78 is 6.51. The Hall–Kier alpha value is -0.550. The molecule has 0 spiro atoms. The van der Waals surface area contributed by atoms with E-state index in [9.17, 15) is 4.79 Å². The van der Waals surface area contributed by atoms with Gasteiger partial charge in [-0.25, -0.2) is 4.79 Å². The van der Waals surface area contributed by atoms with E-state index in [0.29, 0.717) is 11.5 Å². The Morgan fingerprint density at radius 3 is 2.53 bits per heavy atom. The van der Waals surface area contributed by atoms with E-state index >= 15 is 0 Å². The predicted molar refractivity (Wildman–Crippen MR) is 85.7 cm³/mol. The van der Waals surface area contributed by atoms with Gasteiger partial charge in [-0.05, 0) is 40.9 Å². The number of carbonyl (C=O) groups is 1. The van der Waals surface area contributed by atoms with Crippen molar-refractivity contribution >= 4 is 43.5 Å². The summed E-state index contributed by atoms with van der Waals surface area (Å²) in [7, 11) is 1.39. The third kappa shape index (κ3) is 4.21. The molecule has 0 radical (unpaired) electrons. The molecule has 0 aromatic heterocycles. The van der Waals surface area contributed by atoms with Crippen LogP contribution in [0.15, 0.2) is 21.1 Å². The molecule has 0 aliphatic rings. The van der Waals surface area contributed by atoms with Crippen molar-refractivity contribution in [1.29, 1.82) is 0 Å². The van der Waals surface area contributed by atoms with Gasteiger partial charge in [0.15, 0.2) is 0 Å². The van der Waals surface area contributed by atoms with Crippen LogP contribution in [0.5, 0.6) is 0 Å². The van der Waals surface area contributed by atoms with Gasteiger partial charge < -0.3 is 10.1 Å².